The van der Waals surface area contributed by atoms with Crippen LogP contribution in [0, 0.1) is 0 Å². The lowest BCUT2D eigenvalue weighted by Crippen LogP contribution is -2.52. The first-order chi connectivity index (χ1) is 15.7. The molecule has 184 valence electrons. The van der Waals surface area contributed by atoms with Crippen molar-refractivity contribution < 1.29 is 9.26 Å². The van der Waals surface area contributed by atoms with E-state index in [1.165, 1.54) is 5.56 Å². The minimum absolute atomic E-state index is 0. The molecular weight excluding hydrogens is 531 g/mol. The van der Waals surface area contributed by atoms with E-state index in [0.29, 0.717) is 13.2 Å². The molecule has 0 unspecified atom stereocenters. The maximum Gasteiger partial charge on any atom is 0.194 e. The van der Waals surface area contributed by atoms with Crippen molar-refractivity contribution in [2.45, 2.75) is 33.9 Å². The smallest absolute Gasteiger partial charge is 0.194 e. The standard InChI is InChI=1S/C24H38N6O2.HI/c1-4-25-24(30-14-12-29(13-15-30)20-22-11-17-32-27-22)26-19-21-7-9-23(10-8-21)31-18-16-28(5-2)6-3;/h7-11,17H,4-6,12-16,18-20H2,1-3H3,(H,25,26);1H. The molecule has 0 atom stereocenters. The summed E-state index contributed by atoms with van der Waals surface area (Å²) in [6.45, 7) is 16.5. The van der Waals surface area contributed by atoms with Crippen molar-refractivity contribution in [2.24, 2.45) is 4.99 Å². The molecule has 0 bridgehead atoms. The molecule has 1 aliphatic rings. The lowest BCUT2D eigenvalue weighted by atomic mass is 10.2. The largest absolute Gasteiger partial charge is 0.492 e. The van der Waals surface area contributed by atoms with Gasteiger partial charge in [0.05, 0.1) is 12.2 Å². The average molecular weight is 571 g/mol. The Labute approximate surface area is 215 Å². The summed E-state index contributed by atoms with van der Waals surface area (Å²) < 4.78 is 10.8. The third kappa shape index (κ3) is 9.13. The number of likely N-dealkylation sites (N-methyl/N-ethyl adjacent to an activating group) is 1. The fourth-order valence-electron chi connectivity index (χ4n) is 3.78. The number of benzene rings is 1. The number of piperazine rings is 1. The molecule has 1 fully saturated rings. The van der Waals surface area contributed by atoms with E-state index in [-0.39, 0.29) is 24.0 Å². The van der Waals surface area contributed by atoms with Crippen molar-refractivity contribution in [2.75, 3.05) is 59.0 Å². The molecule has 2 aromatic rings. The second-order valence-electron chi connectivity index (χ2n) is 7.94. The SMILES string of the molecule is CCNC(=NCc1ccc(OCCN(CC)CC)cc1)N1CCN(Cc2ccon2)CC1.I. The number of rotatable bonds is 11. The van der Waals surface area contributed by atoms with Gasteiger partial charge in [0.15, 0.2) is 5.96 Å². The normalized spacial score (nSPS) is 14.9. The quantitative estimate of drug-likeness (QED) is 0.253. The number of halogens is 1. The summed E-state index contributed by atoms with van der Waals surface area (Å²) >= 11 is 0. The Morgan fingerprint density at radius 2 is 1.82 bits per heavy atom. The van der Waals surface area contributed by atoms with Crippen molar-refractivity contribution in [3.05, 3.63) is 47.9 Å². The molecule has 1 N–H and O–H groups in total. The minimum atomic E-state index is 0. The number of aliphatic imine (C=N–C) groups is 1. The van der Waals surface area contributed by atoms with Crippen LogP contribution in [-0.4, -0.2) is 84.8 Å². The topological polar surface area (TPSA) is 69.4 Å². The van der Waals surface area contributed by atoms with Gasteiger partial charge in [-0.05, 0) is 37.7 Å². The number of nitrogens with zero attached hydrogens (tertiary/aromatic N) is 5. The minimum Gasteiger partial charge on any atom is -0.492 e. The first kappa shape index (κ1) is 27.4. The summed E-state index contributed by atoms with van der Waals surface area (Å²) in [5, 5.41) is 7.46. The van der Waals surface area contributed by atoms with Gasteiger partial charge >= 0.3 is 0 Å². The van der Waals surface area contributed by atoms with Gasteiger partial charge in [0.1, 0.15) is 18.6 Å². The number of guanidine groups is 1. The van der Waals surface area contributed by atoms with E-state index in [9.17, 15) is 0 Å². The van der Waals surface area contributed by atoms with Gasteiger partial charge in [-0.25, -0.2) is 4.99 Å². The zero-order valence-corrected chi connectivity index (χ0v) is 22.5. The van der Waals surface area contributed by atoms with E-state index < -0.39 is 0 Å². The highest BCUT2D eigenvalue weighted by molar-refractivity contribution is 14.0. The van der Waals surface area contributed by atoms with Crippen molar-refractivity contribution in [3.63, 3.8) is 0 Å². The zero-order valence-electron chi connectivity index (χ0n) is 20.2. The zero-order chi connectivity index (χ0) is 22.6. The predicted octanol–water partition coefficient (Wildman–Crippen LogP) is 3.30. The van der Waals surface area contributed by atoms with Gasteiger partial charge in [-0.1, -0.05) is 31.1 Å². The van der Waals surface area contributed by atoms with Crippen LogP contribution in [0.5, 0.6) is 5.75 Å². The fourth-order valence-corrected chi connectivity index (χ4v) is 3.78. The van der Waals surface area contributed by atoms with Gasteiger partial charge in [0, 0.05) is 51.9 Å². The fraction of sp³-hybridized carbons (Fsp3) is 0.583. The molecular formula is C24H39IN6O2. The van der Waals surface area contributed by atoms with E-state index in [1.807, 2.05) is 18.2 Å². The highest BCUT2D eigenvalue weighted by Gasteiger charge is 2.20. The second-order valence-corrected chi connectivity index (χ2v) is 7.94. The second kappa shape index (κ2) is 15.1. The number of ether oxygens (including phenoxy) is 1. The summed E-state index contributed by atoms with van der Waals surface area (Å²) in [7, 11) is 0. The highest BCUT2D eigenvalue weighted by Crippen LogP contribution is 2.14. The molecule has 0 saturated carbocycles. The molecule has 3 rings (SSSR count). The average Bonchev–Trinajstić information content (AvgIpc) is 3.34. The molecule has 1 saturated heterocycles. The lowest BCUT2D eigenvalue weighted by molar-refractivity contribution is 0.169. The van der Waals surface area contributed by atoms with Crippen molar-refractivity contribution in [1.29, 1.82) is 0 Å². The Hall–Kier alpha value is -1.85. The molecule has 8 nitrogen and oxygen atoms in total. The first-order valence-electron chi connectivity index (χ1n) is 11.8. The van der Waals surface area contributed by atoms with Crippen LogP contribution >= 0.6 is 24.0 Å². The van der Waals surface area contributed by atoms with E-state index >= 15 is 0 Å². The van der Waals surface area contributed by atoms with Gasteiger partial charge in [0.2, 0.25) is 0 Å². The van der Waals surface area contributed by atoms with Gasteiger partial charge in [-0.3, -0.25) is 4.90 Å². The monoisotopic (exact) mass is 570 g/mol. The summed E-state index contributed by atoms with van der Waals surface area (Å²) in [4.78, 5) is 12.0. The Kier molecular flexibility index (Phi) is 12.6. The van der Waals surface area contributed by atoms with Crippen LogP contribution in [0.15, 0.2) is 46.1 Å². The summed E-state index contributed by atoms with van der Waals surface area (Å²) in [6.07, 6.45) is 1.63. The first-order valence-corrected chi connectivity index (χ1v) is 11.8. The predicted molar refractivity (Wildman–Crippen MR) is 143 cm³/mol. The van der Waals surface area contributed by atoms with Crippen molar-refractivity contribution in [3.8, 4) is 5.75 Å². The number of hydrogen-bond acceptors (Lipinski definition) is 6. The van der Waals surface area contributed by atoms with E-state index in [0.717, 1.165) is 76.3 Å². The van der Waals surface area contributed by atoms with E-state index in [4.69, 9.17) is 14.3 Å². The third-order valence-electron chi connectivity index (χ3n) is 5.79. The van der Waals surface area contributed by atoms with E-state index in [1.54, 1.807) is 6.26 Å². The number of nitrogens with one attached hydrogen (secondary N) is 1. The van der Waals surface area contributed by atoms with Crippen LogP contribution in [0.4, 0.5) is 0 Å². The Balaban J connectivity index is 0.00000385. The summed E-state index contributed by atoms with van der Waals surface area (Å²) in [5.41, 5.74) is 2.17. The molecule has 33 heavy (non-hydrogen) atoms. The van der Waals surface area contributed by atoms with Crippen molar-refractivity contribution in [1.82, 2.24) is 25.2 Å². The van der Waals surface area contributed by atoms with Crippen LogP contribution in [0.3, 0.4) is 0 Å². The molecule has 0 spiro atoms. The lowest BCUT2D eigenvalue weighted by Gasteiger charge is -2.36. The van der Waals surface area contributed by atoms with Gasteiger partial charge in [0.25, 0.3) is 0 Å². The van der Waals surface area contributed by atoms with Gasteiger partial charge in [-0.2, -0.15) is 0 Å². The van der Waals surface area contributed by atoms with Crippen LogP contribution in [-0.2, 0) is 13.1 Å². The molecule has 1 aliphatic heterocycles. The van der Waals surface area contributed by atoms with Crippen LogP contribution < -0.4 is 10.1 Å². The number of aromatic nitrogens is 1. The maximum atomic E-state index is 5.89. The van der Waals surface area contributed by atoms with Crippen LogP contribution in [0.25, 0.3) is 0 Å². The molecule has 0 amide bonds. The molecule has 1 aromatic heterocycles. The Morgan fingerprint density at radius 3 is 2.42 bits per heavy atom. The highest BCUT2D eigenvalue weighted by atomic mass is 127. The van der Waals surface area contributed by atoms with E-state index in [2.05, 4.69) is 58.1 Å². The van der Waals surface area contributed by atoms with Crippen LogP contribution in [0.2, 0.25) is 0 Å². The maximum absolute atomic E-state index is 5.89. The Bertz CT molecular complexity index is 788. The number of hydrogen-bond donors (Lipinski definition) is 1. The van der Waals surface area contributed by atoms with Crippen molar-refractivity contribution >= 4 is 29.9 Å². The summed E-state index contributed by atoms with van der Waals surface area (Å²) in [6, 6.07) is 10.2. The van der Waals surface area contributed by atoms with Crippen LogP contribution in [0.1, 0.15) is 32.0 Å². The van der Waals surface area contributed by atoms with Gasteiger partial charge < -0.3 is 24.4 Å². The Morgan fingerprint density at radius 1 is 1.09 bits per heavy atom. The third-order valence-corrected chi connectivity index (χ3v) is 5.79. The molecule has 1 aromatic carbocycles. The summed E-state index contributed by atoms with van der Waals surface area (Å²) in [5.74, 6) is 1.90. The molecule has 9 heteroatoms. The van der Waals surface area contributed by atoms with Gasteiger partial charge in [-0.15, -0.1) is 24.0 Å². The molecule has 0 radical (unpaired) electrons. The molecule has 2 heterocycles. The molecule has 0 aliphatic carbocycles.